The van der Waals surface area contributed by atoms with Crippen LogP contribution in [0.2, 0.25) is 18.6 Å². The molecule has 2 fully saturated rings. The third-order valence-corrected chi connectivity index (χ3v) is 11.8. The van der Waals surface area contributed by atoms with Gasteiger partial charge in [-0.05, 0) is 29.2 Å². The molecule has 5 aliphatic rings. The van der Waals surface area contributed by atoms with Gasteiger partial charge < -0.3 is 17.3 Å². The minimum absolute atomic E-state index is 0. The van der Waals surface area contributed by atoms with Gasteiger partial charge in [-0.15, -0.1) is 6.08 Å². The van der Waals surface area contributed by atoms with E-state index in [1.807, 2.05) is 0 Å². The van der Waals surface area contributed by atoms with Gasteiger partial charge >= 0.3 is 35.6 Å². The summed E-state index contributed by atoms with van der Waals surface area (Å²) in [5.74, 6) is 2.66. The fourth-order valence-corrected chi connectivity index (χ4v) is 11.5. The Bertz CT molecular complexity index is 754. The molecule has 4 aliphatic carbocycles. The Morgan fingerprint density at radius 2 is 1.20 bits per heavy atom. The molecule has 162 valence electrons. The van der Waals surface area contributed by atoms with Crippen LogP contribution in [0.25, 0.3) is 5.32 Å². The van der Waals surface area contributed by atoms with E-state index in [0.717, 1.165) is 5.54 Å². The summed E-state index contributed by atoms with van der Waals surface area (Å²) in [7, 11) is 8.04. The average molecular weight is 495 g/mol. The van der Waals surface area contributed by atoms with E-state index in [9.17, 15) is 0 Å². The standard InChI is InChI=1S/C23H29N2Si.CH3.2ClH.Ti/c1-16-24-21-14-8-9-15-22(21)25(16)26(2,3)23-19-12-6-4-10-17(19)18-11-5-7-13-20(18)23;;;;/h4-23H,1-3H3;1H3;2*1H;/q2*-1;;;+2/p-2/t16-,17?,18?,19?,20?,21?,22+,23?;;;;/m0..../s1. The zero-order valence-corrected chi connectivity index (χ0v) is 22.3. The molecule has 0 aromatic carbocycles. The summed E-state index contributed by atoms with van der Waals surface area (Å²) in [4.78, 5) is 0. The first-order chi connectivity index (χ1) is 14.0. The van der Waals surface area contributed by atoms with E-state index in [1.165, 1.54) is 0 Å². The van der Waals surface area contributed by atoms with Crippen molar-refractivity contribution >= 4 is 26.8 Å². The van der Waals surface area contributed by atoms with Gasteiger partial charge in [-0.25, -0.2) is 0 Å². The number of nitrogens with zero attached hydrogens (tertiary/aromatic N) is 2. The molecule has 1 heterocycles. The van der Waals surface area contributed by atoms with Crippen LogP contribution < -0.4 is 0 Å². The molecule has 0 amide bonds. The third-order valence-electron chi connectivity index (χ3n) is 7.39. The van der Waals surface area contributed by atoms with Crippen molar-refractivity contribution in [3.8, 4) is 0 Å². The Balaban J connectivity index is 0.000000606. The molecule has 0 aromatic rings. The van der Waals surface area contributed by atoms with E-state index in [0.29, 0.717) is 41.9 Å². The number of halogens is 2. The van der Waals surface area contributed by atoms with Crippen LogP contribution in [0.5, 0.6) is 0 Å². The zero-order valence-electron chi connectivity index (χ0n) is 18.2. The van der Waals surface area contributed by atoms with Crippen LogP contribution in [-0.2, 0) is 17.0 Å². The molecule has 6 heteroatoms. The Kier molecular flexibility index (Phi) is 8.34. The number of hydrogen-bond donors (Lipinski definition) is 0. The summed E-state index contributed by atoms with van der Waals surface area (Å²) in [5.41, 5.74) is 0.732. The van der Waals surface area contributed by atoms with Crippen LogP contribution in [0.1, 0.15) is 6.92 Å². The van der Waals surface area contributed by atoms with Crippen LogP contribution in [0.3, 0.4) is 0 Å². The summed E-state index contributed by atoms with van der Waals surface area (Å²) in [6.45, 7) is 7.53. The van der Waals surface area contributed by atoms with Gasteiger partial charge in [-0.1, -0.05) is 99.1 Å². The van der Waals surface area contributed by atoms with Crippen molar-refractivity contribution in [2.45, 2.75) is 43.8 Å². The topological polar surface area (TPSA) is 17.3 Å². The normalized spacial score (nSPS) is 40.2. The van der Waals surface area contributed by atoms with Gasteiger partial charge in [0.25, 0.3) is 0 Å². The van der Waals surface area contributed by atoms with Crippen molar-refractivity contribution in [2.24, 2.45) is 23.7 Å². The van der Waals surface area contributed by atoms with Gasteiger partial charge in [0.1, 0.15) is 8.24 Å². The molecule has 0 aromatic heterocycles. The van der Waals surface area contributed by atoms with Crippen LogP contribution in [0.4, 0.5) is 0 Å². The predicted octanol–water partition coefficient (Wildman–Crippen LogP) is 7.02. The van der Waals surface area contributed by atoms with Crippen molar-refractivity contribution in [3.05, 3.63) is 85.7 Å². The maximum atomic E-state index is 5.10. The molecule has 0 radical (unpaired) electrons. The van der Waals surface area contributed by atoms with Crippen LogP contribution in [0, 0.1) is 31.1 Å². The average Bonchev–Trinajstić information content (AvgIpc) is 3.23. The molecule has 1 aliphatic heterocycles. The Labute approximate surface area is 200 Å². The molecular weight excluding hydrogens is 463 g/mol. The molecule has 5 rings (SSSR count). The van der Waals surface area contributed by atoms with E-state index >= 15 is 0 Å². The van der Waals surface area contributed by atoms with Crippen molar-refractivity contribution < 1.29 is 17.0 Å². The molecule has 2 nitrogen and oxygen atoms in total. The van der Waals surface area contributed by atoms with E-state index in [4.69, 9.17) is 23.9 Å². The zero-order chi connectivity index (χ0) is 20.6. The molecular formula is C24H32Cl2N2SiTi-2. The fourth-order valence-electron chi connectivity index (χ4n) is 6.56. The molecule has 0 spiro atoms. The fraction of sp³-hybridized carbons (Fsp3) is 0.458. The SMILES string of the molecule is C[C@H]1[N-]C2C=CC=C[C@H]2N1[Si](C)(C)C1C2C=CC=CC2C2C=CC=CC21.[CH3-].[Cl][Ti][Cl]. The van der Waals surface area contributed by atoms with E-state index in [2.05, 4.69) is 97.5 Å². The van der Waals surface area contributed by atoms with Crippen LogP contribution in [-0.4, -0.2) is 31.1 Å². The number of fused-ring (bicyclic) bond motifs is 4. The minimum atomic E-state index is -1.74. The second-order valence-corrected chi connectivity index (χ2v) is 16.1. The Hall–Kier alpha value is -0.129. The van der Waals surface area contributed by atoms with Crippen molar-refractivity contribution in [2.75, 3.05) is 0 Å². The van der Waals surface area contributed by atoms with E-state index in [-0.39, 0.29) is 7.43 Å². The second-order valence-electron chi connectivity index (χ2n) is 9.04. The number of allylic oxidation sites excluding steroid dienone is 10. The Morgan fingerprint density at radius 3 is 1.73 bits per heavy atom. The third kappa shape index (κ3) is 4.24. The van der Waals surface area contributed by atoms with Crippen molar-refractivity contribution in [3.63, 3.8) is 0 Å². The van der Waals surface area contributed by atoms with Gasteiger partial charge in [0.2, 0.25) is 0 Å². The van der Waals surface area contributed by atoms with E-state index < -0.39 is 25.3 Å². The van der Waals surface area contributed by atoms with Crippen molar-refractivity contribution in [1.29, 1.82) is 0 Å². The quantitative estimate of drug-likeness (QED) is 0.297. The number of rotatable bonds is 2. The summed E-state index contributed by atoms with van der Waals surface area (Å²) in [6, 6.07) is 0.804. The van der Waals surface area contributed by atoms with Gasteiger partial charge in [0.15, 0.2) is 0 Å². The van der Waals surface area contributed by atoms with Gasteiger partial charge in [0, 0.05) is 6.04 Å². The molecule has 5 unspecified atom stereocenters. The summed E-state index contributed by atoms with van der Waals surface area (Å²) >= 11 is -0.556. The van der Waals surface area contributed by atoms with Gasteiger partial charge in [-0.3, -0.25) is 0 Å². The first kappa shape index (κ1) is 24.5. The Morgan fingerprint density at radius 1 is 0.767 bits per heavy atom. The monoisotopic (exact) mass is 494 g/mol. The number of hydrogen-bond acceptors (Lipinski definition) is 1. The van der Waals surface area contributed by atoms with Gasteiger partial charge in [-0.2, -0.15) is 0 Å². The summed E-state index contributed by atoms with van der Waals surface area (Å²) < 4.78 is 2.83. The molecule has 0 bridgehead atoms. The van der Waals surface area contributed by atoms with Crippen molar-refractivity contribution in [1.82, 2.24) is 4.57 Å². The van der Waals surface area contributed by atoms with Gasteiger partial charge in [0.05, 0.1) is 0 Å². The molecule has 7 atom stereocenters. The first-order valence-electron chi connectivity index (χ1n) is 10.5. The molecule has 30 heavy (non-hydrogen) atoms. The first-order valence-corrected chi connectivity index (χ1v) is 17.8. The van der Waals surface area contributed by atoms with E-state index in [1.54, 1.807) is 0 Å². The van der Waals surface area contributed by atoms with Crippen LogP contribution in [0.15, 0.2) is 72.9 Å². The predicted molar refractivity (Wildman–Crippen MR) is 130 cm³/mol. The summed E-state index contributed by atoms with van der Waals surface area (Å²) in [5, 5.41) is 5.10. The maximum absolute atomic E-state index is 5.10. The summed E-state index contributed by atoms with van der Waals surface area (Å²) in [6.07, 6.45) is 28.5. The molecule has 0 N–H and O–H groups in total. The molecule has 1 saturated carbocycles. The van der Waals surface area contributed by atoms with Crippen LogP contribution >= 0.6 is 18.6 Å². The second kappa shape index (κ2) is 10.2. The molecule has 1 saturated heterocycles.